The first-order valence-electron chi connectivity index (χ1n) is 11.2. The molecule has 2 heterocycles. The summed E-state index contributed by atoms with van der Waals surface area (Å²) < 4.78 is 5.77. The minimum absolute atomic E-state index is 0.583. The molecule has 0 amide bonds. The van der Waals surface area contributed by atoms with E-state index in [1.165, 1.54) is 90.6 Å². The van der Waals surface area contributed by atoms with Crippen LogP contribution in [0.4, 0.5) is 0 Å². The molecule has 148 valence electrons. The summed E-state index contributed by atoms with van der Waals surface area (Å²) in [5, 5.41) is 0. The molecule has 2 aliphatic heterocycles. The van der Waals surface area contributed by atoms with Crippen molar-refractivity contribution < 1.29 is 4.74 Å². The highest BCUT2D eigenvalue weighted by Crippen LogP contribution is 2.50. The first-order chi connectivity index (χ1) is 12.1. The largest absolute Gasteiger partial charge is 0.378 e. The molecule has 0 aromatic heterocycles. The van der Waals surface area contributed by atoms with E-state index in [9.17, 15) is 0 Å². The maximum absolute atomic E-state index is 5.77. The SMILES string of the molecule is CCC.CCCN1CCC(CN2CCC3(CC2)CC(OCC)C3)CC1. The second kappa shape index (κ2) is 10.9. The maximum atomic E-state index is 5.77. The fraction of sp³-hybridized carbons (Fsp3) is 1.00. The van der Waals surface area contributed by atoms with E-state index in [1.807, 2.05) is 0 Å². The van der Waals surface area contributed by atoms with Gasteiger partial charge in [-0.3, -0.25) is 0 Å². The number of nitrogens with zero attached hydrogens (tertiary/aromatic N) is 2. The molecule has 3 aliphatic rings. The van der Waals surface area contributed by atoms with Crippen LogP contribution in [0.3, 0.4) is 0 Å². The van der Waals surface area contributed by atoms with E-state index >= 15 is 0 Å². The molecular weight excluding hydrogens is 308 g/mol. The Labute approximate surface area is 157 Å². The molecule has 1 saturated carbocycles. The molecule has 0 radical (unpaired) electrons. The summed E-state index contributed by atoms with van der Waals surface area (Å²) in [6, 6.07) is 0. The standard InChI is InChI=1S/C19H36N2O.C3H8/c1-3-9-20-10-5-17(6-11-20)16-21-12-7-19(8-13-21)14-18(15-19)22-4-2;1-3-2/h17-18H,3-16H2,1-2H3;3H2,1-2H3. The van der Waals surface area contributed by atoms with Gasteiger partial charge in [0.05, 0.1) is 6.10 Å². The van der Waals surface area contributed by atoms with E-state index in [-0.39, 0.29) is 0 Å². The summed E-state index contributed by atoms with van der Waals surface area (Å²) in [5.74, 6) is 0.958. The van der Waals surface area contributed by atoms with Crippen molar-refractivity contribution in [2.45, 2.75) is 85.2 Å². The van der Waals surface area contributed by atoms with Crippen LogP contribution in [0.25, 0.3) is 0 Å². The molecule has 3 heteroatoms. The van der Waals surface area contributed by atoms with E-state index in [2.05, 4.69) is 37.5 Å². The topological polar surface area (TPSA) is 15.7 Å². The van der Waals surface area contributed by atoms with Gasteiger partial charge in [-0.05, 0) is 95.9 Å². The molecule has 3 fully saturated rings. The van der Waals surface area contributed by atoms with Gasteiger partial charge >= 0.3 is 0 Å². The molecule has 2 saturated heterocycles. The highest BCUT2D eigenvalue weighted by atomic mass is 16.5. The predicted molar refractivity (Wildman–Crippen MR) is 108 cm³/mol. The third-order valence-electron chi connectivity index (χ3n) is 6.40. The molecule has 1 aliphatic carbocycles. The van der Waals surface area contributed by atoms with Crippen LogP contribution in [0.5, 0.6) is 0 Å². The monoisotopic (exact) mass is 352 g/mol. The third-order valence-corrected chi connectivity index (χ3v) is 6.40. The second-order valence-corrected chi connectivity index (χ2v) is 8.78. The Kier molecular flexibility index (Phi) is 9.23. The number of ether oxygens (including phenoxy) is 1. The third kappa shape index (κ3) is 6.52. The number of rotatable bonds is 6. The highest BCUT2D eigenvalue weighted by Gasteiger charge is 2.46. The molecule has 0 aromatic carbocycles. The van der Waals surface area contributed by atoms with Crippen LogP contribution in [0, 0.1) is 11.3 Å². The summed E-state index contributed by atoms with van der Waals surface area (Å²) in [6.45, 7) is 17.6. The molecule has 0 N–H and O–H groups in total. The van der Waals surface area contributed by atoms with Gasteiger partial charge in [0.15, 0.2) is 0 Å². The lowest BCUT2D eigenvalue weighted by Gasteiger charge is -2.52. The van der Waals surface area contributed by atoms with Crippen LogP contribution < -0.4 is 0 Å². The van der Waals surface area contributed by atoms with Crippen molar-refractivity contribution in [3.8, 4) is 0 Å². The summed E-state index contributed by atoms with van der Waals surface area (Å²) in [7, 11) is 0. The Bertz CT molecular complexity index is 336. The molecular formula is C22H44N2O. The Morgan fingerprint density at radius 2 is 1.48 bits per heavy atom. The lowest BCUT2D eigenvalue weighted by molar-refractivity contribution is -0.102. The first kappa shape index (κ1) is 21.2. The Morgan fingerprint density at radius 3 is 2.00 bits per heavy atom. The first-order valence-corrected chi connectivity index (χ1v) is 11.2. The van der Waals surface area contributed by atoms with Crippen LogP contribution >= 0.6 is 0 Å². The van der Waals surface area contributed by atoms with Gasteiger partial charge in [0.25, 0.3) is 0 Å². The molecule has 1 spiro atoms. The zero-order valence-electron chi connectivity index (χ0n) is 17.6. The van der Waals surface area contributed by atoms with Crippen molar-refractivity contribution in [3.05, 3.63) is 0 Å². The molecule has 0 unspecified atom stereocenters. The van der Waals surface area contributed by atoms with E-state index in [4.69, 9.17) is 4.74 Å². The van der Waals surface area contributed by atoms with E-state index in [0.717, 1.165) is 12.5 Å². The zero-order valence-corrected chi connectivity index (χ0v) is 17.6. The van der Waals surface area contributed by atoms with E-state index in [1.54, 1.807) is 0 Å². The van der Waals surface area contributed by atoms with Gasteiger partial charge in [-0.1, -0.05) is 27.2 Å². The summed E-state index contributed by atoms with van der Waals surface area (Å²) in [6.07, 6.45) is 11.5. The molecule has 3 nitrogen and oxygen atoms in total. The minimum atomic E-state index is 0.583. The number of hydrogen-bond donors (Lipinski definition) is 0. The van der Waals surface area contributed by atoms with Crippen molar-refractivity contribution in [3.63, 3.8) is 0 Å². The van der Waals surface area contributed by atoms with E-state index in [0.29, 0.717) is 11.5 Å². The molecule has 0 aromatic rings. The van der Waals surface area contributed by atoms with Gasteiger partial charge in [-0.2, -0.15) is 0 Å². The quantitative estimate of drug-likeness (QED) is 0.682. The van der Waals surface area contributed by atoms with Gasteiger partial charge in [-0.25, -0.2) is 0 Å². The molecule has 0 bridgehead atoms. The minimum Gasteiger partial charge on any atom is -0.378 e. The molecule has 3 rings (SSSR count). The van der Waals surface area contributed by atoms with Gasteiger partial charge in [0, 0.05) is 13.2 Å². The van der Waals surface area contributed by atoms with Gasteiger partial charge < -0.3 is 14.5 Å². The fourth-order valence-corrected chi connectivity index (χ4v) is 4.95. The van der Waals surface area contributed by atoms with Crippen molar-refractivity contribution in [1.29, 1.82) is 0 Å². The summed E-state index contributed by atoms with van der Waals surface area (Å²) in [5.41, 5.74) is 0.667. The normalized spacial score (nSPS) is 25.4. The van der Waals surface area contributed by atoms with Gasteiger partial charge in [-0.15, -0.1) is 0 Å². The van der Waals surface area contributed by atoms with Gasteiger partial charge in [0.2, 0.25) is 0 Å². The lowest BCUT2D eigenvalue weighted by Crippen LogP contribution is -2.51. The lowest BCUT2D eigenvalue weighted by atomic mass is 9.61. The number of likely N-dealkylation sites (tertiary alicyclic amines) is 2. The van der Waals surface area contributed by atoms with Crippen molar-refractivity contribution in [2.24, 2.45) is 11.3 Å². The maximum Gasteiger partial charge on any atom is 0.0585 e. The predicted octanol–water partition coefficient (Wildman–Crippen LogP) is 4.81. The van der Waals surface area contributed by atoms with Crippen molar-refractivity contribution in [1.82, 2.24) is 9.80 Å². The average molecular weight is 353 g/mol. The van der Waals surface area contributed by atoms with Crippen molar-refractivity contribution >= 4 is 0 Å². The fourth-order valence-electron chi connectivity index (χ4n) is 4.95. The summed E-state index contributed by atoms with van der Waals surface area (Å²) >= 11 is 0. The van der Waals surface area contributed by atoms with Crippen LogP contribution in [-0.2, 0) is 4.74 Å². The zero-order chi connectivity index (χ0) is 18.1. The average Bonchev–Trinajstić information content (AvgIpc) is 2.58. The number of hydrogen-bond acceptors (Lipinski definition) is 3. The smallest absolute Gasteiger partial charge is 0.0585 e. The molecule has 0 atom stereocenters. The Hall–Kier alpha value is -0.120. The second-order valence-electron chi connectivity index (χ2n) is 8.78. The van der Waals surface area contributed by atoms with Crippen molar-refractivity contribution in [2.75, 3.05) is 45.9 Å². The Balaban J connectivity index is 0.000000701. The number of piperidine rings is 2. The van der Waals surface area contributed by atoms with Crippen LogP contribution in [-0.4, -0.2) is 61.8 Å². The van der Waals surface area contributed by atoms with Crippen LogP contribution in [0.2, 0.25) is 0 Å². The van der Waals surface area contributed by atoms with Crippen LogP contribution in [0.15, 0.2) is 0 Å². The highest BCUT2D eigenvalue weighted by molar-refractivity contribution is 4.98. The Morgan fingerprint density at radius 1 is 0.880 bits per heavy atom. The molecule has 25 heavy (non-hydrogen) atoms. The summed E-state index contributed by atoms with van der Waals surface area (Å²) in [4.78, 5) is 5.42. The van der Waals surface area contributed by atoms with E-state index < -0.39 is 0 Å². The van der Waals surface area contributed by atoms with Crippen LogP contribution in [0.1, 0.15) is 79.1 Å². The van der Waals surface area contributed by atoms with Gasteiger partial charge in [0.1, 0.15) is 0 Å².